The molecule has 8 nitrogen and oxygen atoms in total. The van der Waals surface area contributed by atoms with Crippen LogP contribution >= 0.6 is 12.4 Å². The Morgan fingerprint density at radius 1 is 0.974 bits per heavy atom. The van der Waals surface area contributed by atoms with Crippen molar-refractivity contribution in [1.29, 1.82) is 0 Å². The highest BCUT2D eigenvalue weighted by Gasteiger charge is 2.24. The molecule has 4 heterocycles. The van der Waals surface area contributed by atoms with Crippen LogP contribution in [0.5, 0.6) is 5.75 Å². The Morgan fingerprint density at radius 2 is 1.77 bits per heavy atom. The van der Waals surface area contributed by atoms with E-state index in [1.165, 1.54) is 0 Å². The summed E-state index contributed by atoms with van der Waals surface area (Å²) < 4.78 is 6.01. The molecule has 3 aromatic heterocycles. The summed E-state index contributed by atoms with van der Waals surface area (Å²) in [5.41, 5.74) is 3.23. The van der Waals surface area contributed by atoms with Gasteiger partial charge in [-0.3, -0.25) is 14.6 Å². The zero-order chi connectivity index (χ0) is 25.9. The predicted octanol–water partition coefficient (Wildman–Crippen LogP) is 5.25. The number of H-pyrrole nitrogens is 1. The lowest BCUT2D eigenvalue weighted by Gasteiger charge is -2.32. The number of amides is 1. The summed E-state index contributed by atoms with van der Waals surface area (Å²) >= 11 is 0. The molecule has 9 heteroatoms. The Morgan fingerprint density at radius 3 is 2.59 bits per heavy atom. The van der Waals surface area contributed by atoms with E-state index in [9.17, 15) is 9.59 Å². The molecule has 0 bridgehead atoms. The number of aromatic amines is 1. The maximum atomic E-state index is 13.2. The number of pyridine rings is 2. The second-order valence-electron chi connectivity index (χ2n) is 9.42. The molecule has 0 radical (unpaired) electrons. The third-order valence-corrected chi connectivity index (χ3v) is 6.95. The molecule has 0 spiro atoms. The number of carbonyl (C=O) groups is 2. The molecule has 0 unspecified atom stereocenters. The topological polar surface area (TPSA) is 100 Å². The van der Waals surface area contributed by atoms with E-state index in [1.54, 1.807) is 18.5 Å². The number of benzene rings is 2. The van der Waals surface area contributed by atoms with Crippen LogP contribution in [0.2, 0.25) is 0 Å². The van der Waals surface area contributed by atoms with Crippen molar-refractivity contribution in [3.63, 3.8) is 0 Å². The van der Waals surface area contributed by atoms with Gasteiger partial charge in [0.15, 0.2) is 0 Å². The predicted molar refractivity (Wildman–Crippen MR) is 154 cm³/mol. The Bertz CT molecular complexity index is 1610. The van der Waals surface area contributed by atoms with E-state index >= 15 is 0 Å². The van der Waals surface area contributed by atoms with Crippen molar-refractivity contribution in [2.24, 2.45) is 0 Å². The molecule has 1 amide bonds. The molecule has 1 saturated heterocycles. The molecule has 2 aromatic carbocycles. The minimum atomic E-state index is -0.147. The van der Waals surface area contributed by atoms with E-state index < -0.39 is 0 Å². The first-order valence-electron chi connectivity index (χ1n) is 12.7. The van der Waals surface area contributed by atoms with Gasteiger partial charge >= 0.3 is 0 Å². The Hall–Kier alpha value is -4.43. The highest BCUT2D eigenvalue weighted by Crippen LogP contribution is 2.24. The molecule has 2 N–H and O–H groups in total. The third-order valence-electron chi connectivity index (χ3n) is 6.95. The van der Waals surface area contributed by atoms with Gasteiger partial charge in [0.05, 0.1) is 17.7 Å². The summed E-state index contributed by atoms with van der Waals surface area (Å²) in [4.78, 5) is 39.9. The summed E-state index contributed by atoms with van der Waals surface area (Å²) in [6.07, 6.45) is 6.93. The fourth-order valence-electron chi connectivity index (χ4n) is 4.87. The van der Waals surface area contributed by atoms with E-state index in [-0.39, 0.29) is 36.7 Å². The molecule has 1 fully saturated rings. The average molecular weight is 542 g/mol. The van der Waals surface area contributed by atoms with Crippen molar-refractivity contribution in [3.8, 4) is 5.75 Å². The van der Waals surface area contributed by atoms with Gasteiger partial charge in [-0.15, -0.1) is 12.4 Å². The standard InChI is InChI=1S/C30H27N5O3.ClH/c36-28(35-16-11-24(12-17-35)38-23-9-13-31-14-10-23)19-33-25-3-1-2-21-6-7-26(34-29(21)25)30(37)22-5-4-20-8-15-32-27(20)18-22;/h1-10,13-15,18,24,32-33H,11-12,16-17,19H2;1H. The van der Waals surface area contributed by atoms with Gasteiger partial charge in [-0.25, -0.2) is 4.98 Å². The monoisotopic (exact) mass is 541 g/mol. The fourth-order valence-corrected chi connectivity index (χ4v) is 4.87. The number of fused-ring (bicyclic) bond motifs is 2. The number of ether oxygens (including phenoxy) is 1. The van der Waals surface area contributed by atoms with Crippen LogP contribution in [0.25, 0.3) is 21.8 Å². The molecular formula is C30H28ClN5O3. The average Bonchev–Trinajstić information content (AvgIpc) is 3.44. The number of halogens is 1. The Kier molecular flexibility index (Phi) is 7.74. The largest absolute Gasteiger partial charge is 0.490 e. The van der Waals surface area contributed by atoms with E-state index in [0.717, 1.165) is 40.6 Å². The smallest absolute Gasteiger partial charge is 0.241 e. The van der Waals surface area contributed by atoms with Crippen LogP contribution in [0.3, 0.4) is 0 Å². The van der Waals surface area contributed by atoms with Crippen LogP contribution in [-0.4, -0.2) is 57.3 Å². The van der Waals surface area contributed by atoms with Gasteiger partial charge in [-0.05, 0) is 41.8 Å². The van der Waals surface area contributed by atoms with Crippen molar-refractivity contribution < 1.29 is 14.3 Å². The maximum absolute atomic E-state index is 13.2. The highest BCUT2D eigenvalue weighted by molar-refractivity contribution is 6.10. The van der Waals surface area contributed by atoms with Gasteiger partial charge < -0.3 is 19.9 Å². The number of ketones is 1. The number of anilines is 1. The second-order valence-corrected chi connectivity index (χ2v) is 9.42. The normalized spacial score (nSPS) is 13.7. The molecule has 5 aromatic rings. The fraction of sp³-hybridized carbons (Fsp3) is 0.200. The number of nitrogens with one attached hydrogen (secondary N) is 2. The Labute approximate surface area is 231 Å². The van der Waals surface area contributed by atoms with Crippen molar-refractivity contribution in [2.75, 3.05) is 25.0 Å². The SMILES string of the molecule is Cl.O=C(c1ccc2cc[nH]c2c1)c1ccc2cccc(NCC(=O)N3CCC(Oc4ccncc4)CC3)c2n1. The third kappa shape index (κ3) is 5.71. The quantitative estimate of drug-likeness (QED) is 0.273. The van der Waals surface area contributed by atoms with Gasteiger partial charge in [-0.1, -0.05) is 30.3 Å². The Balaban J connectivity index is 0.00000308. The number of carbonyl (C=O) groups excluding carboxylic acids is 2. The van der Waals surface area contributed by atoms with Crippen LogP contribution < -0.4 is 10.1 Å². The van der Waals surface area contributed by atoms with Gasteiger partial charge in [0, 0.05) is 61.0 Å². The lowest BCUT2D eigenvalue weighted by Crippen LogP contribution is -2.44. The first-order chi connectivity index (χ1) is 18.6. The molecule has 0 atom stereocenters. The van der Waals surface area contributed by atoms with Crippen LogP contribution in [0.4, 0.5) is 5.69 Å². The maximum Gasteiger partial charge on any atom is 0.241 e. The number of para-hydroxylation sites is 1. The van der Waals surface area contributed by atoms with E-state index in [1.807, 2.05) is 71.8 Å². The van der Waals surface area contributed by atoms with E-state index in [0.29, 0.717) is 29.9 Å². The van der Waals surface area contributed by atoms with Crippen molar-refractivity contribution >= 4 is 51.6 Å². The summed E-state index contributed by atoms with van der Waals surface area (Å²) in [7, 11) is 0. The van der Waals surface area contributed by atoms with Gasteiger partial charge in [0.2, 0.25) is 11.7 Å². The summed E-state index contributed by atoms with van der Waals surface area (Å²) in [5.74, 6) is 0.680. The molecule has 0 aliphatic carbocycles. The van der Waals surface area contributed by atoms with Gasteiger partial charge in [0.1, 0.15) is 17.5 Å². The zero-order valence-electron chi connectivity index (χ0n) is 21.2. The number of rotatable bonds is 7. The number of hydrogen-bond acceptors (Lipinski definition) is 6. The number of likely N-dealkylation sites (tertiary alicyclic amines) is 1. The zero-order valence-corrected chi connectivity index (χ0v) is 22.0. The summed E-state index contributed by atoms with van der Waals surface area (Å²) in [5, 5.41) is 5.20. The minimum Gasteiger partial charge on any atom is -0.490 e. The van der Waals surface area contributed by atoms with Crippen molar-refractivity contribution in [2.45, 2.75) is 18.9 Å². The van der Waals surface area contributed by atoms with Crippen LogP contribution in [0, 0.1) is 0 Å². The molecule has 0 saturated carbocycles. The van der Waals surface area contributed by atoms with Gasteiger partial charge in [0.25, 0.3) is 0 Å². The van der Waals surface area contributed by atoms with Crippen LogP contribution in [0.1, 0.15) is 28.9 Å². The molecule has 1 aliphatic heterocycles. The molecule has 39 heavy (non-hydrogen) atoms. The molecule has 6 rings (SSSR count). The number of nitrogens with zero attached hydrogens (tertiary/aromatic N) is 3. The molecule has 198 valence electrons. The van der Waals surface area contributed by atoms with Crippen LogP contribution in [-0.2, 0) is 4.79 Å². The molecule has 1 aliphatic rings. The van der Waals surface area contributed by atoms with E-state index in [2.05, 4.69) is 15.3 Å². The number of hydrogen-bond donors (Lipinski definition) is 2. The van der Waals surface area contributed by atoms with Crippen molar-refractivity contribution in [3.05, 3.63) is 96.6 Å². The number of aromatic nitrogens is 3. The first kappa shape index (κ1) is 26.2. The van der Waals surface area contributed by atoms with Crippen molar-refractivity contribution in [1.82, 2.24) is 19.9 Å². The van der Waals surface area contributed by atoms with Crippen LogP contribution in [0.15, 0.2) is 85.3 Å². The lowest BCUT2D eigenvalue weighted by molar-refractivity contribution is -0.131. The minimum absolute atomic E-state index is 0. The summed E-state index contributed by atoms with van der Waals surface area (Å²) in [6, 6.07) is 20.6. The first-order valence-corrected chi connectivity index (χ1v) is 12.7. The van der Waals surface area contributed by atoms with E-state index in [4.69, 9.17) is 9.72 Å². The highest BCUT2D eigenvalue weighted by atomic mass is 35.5. The summed E-state index contributed by atoms with van der Waals surface area (Å²) in [6.45, 7) is 1.44. The lowest BCUT2D eigenvalue weighted by atomic mass is 10.0. The van der Waals surface area contributed by atoms with Gasteiger partial charge in [-0.2, -0.15) is 0 Å². The number of piperidine rings is 1. The second kappa shape index (κ2) is 11.5. The molecular weight excluding hydrogens is 514 g/mol.